The molecule has 0 aromatic carbocycles. The van der Waals surface area contributed by atoms with E-state index in [1.807, 2.05) is 0 Å². The van der Waals surface area contributed by atoms with Crippen molar-refractivity contribution < 1.29 is 14.4 Å². The first-order chi connectivity index (χ1) is 6.43. The summed E-state index contributed by atoms with van der Waals surface area (Å²) in [6.07, 6.45) is 2.94. The van der Waals surface area contributed by atoms with Crippen molar-refractivity contribution in [3.8, 4) is 0 Å². The summed E-state index contributed by atoms with van der Waals surface area (Å²) in [5.74, 6) is 0. The second kappa shape index (κ2) is 4.02. The third-order valence-electron chi connectivity index (χ3n) is 1.70. The van der Waals surface area contributed by atoms with Crippen molar-refractivity contribution in [2.45, 2.75) is 6.04 Å². The summed E-state index contributed by atoms with van der Waals surface area (Å²) in [6, 6.07) is 2.21. The van der Waals surface area contributed by atoms with Gasteiger partial charge in [0, 0.05) is 12.4 Å². The van der Waals surface area contributed by atoms with Gasteiger partial charge in [-0.3, -0.25) is 9.55 Å². The normalized spacial score (nSPS) is 13.6. The average molecular weight is 213 g/mol. The zero-order valence-electron chi connectivity index (χ0n) is 7.24. The van der Waals surface area contributed by atoms with E-state index in [9.17, 15) is 4.57 Å². The highest BCUT2D eigenvalue weighted by Crippen LogP contribution is 2.48. The summed E-state index contributed by atoms with van der Waals surface area (Å²) >= 11 is 0. The van der Waals surface area contributed by atoms with Crippen molar-refractivity contribution >= 4 is 7.60 Å². The Hall–Kier alpha value is -1.00. The molecule has 1 atom stereocenters. The largest absolute Gasteiger partial charge is 0.354 e. The van der Waals surface area contributed by atoms with Crippen LogP contribution in [0.1, 0.15) is 11.6 Å². The number of hydrogen-bond donors (Lipinski definition) is 3. The van der Waals surface area contributed by atoms with Gasteiger partial charge in [0.1, 0.15) is 0 Å². The van der Waals surface area contributed by atoms with E-state index in [1.165, 1.54) is 12.4 Å². The molecule has 1 aromatic rings. The van der Waals surface area contributed by atoms with Crippen LogP contribution in [0.5, 0.6) is 0 Å². The molecule has 1 rings (SSSR count). The van der Waals surface area contributed by atoms with E-state index in [4.69, 9.17) is 22.1 Å². The number of aromatic nitrogens is 1. The fraction of sp³-hybridized carbons (Fsp3) is 0.125. The Kier molecular flexibility index (Phi) is 3.18. The molecule has 5 nitrogen and oxygen atoms in total. The lowest BCUT2D eigenvalue weighted by Gasteiger charge is -2.15. The fourth-order valence-electron chi connectivity index (χ4n) is 0.912. The maximum atomic E-state index is 10.8. The molecule has 0 aliphatic heterocycles. The molecular weight excluding hydrogens is 203 g/mol. The average Bonchev–Trinajstić information content (AvgIpc) is 2.15. The number of hydrogen-bond acceptors (Lipinski definition) is 3. The van der Waals surface area contributed by atoms with E-state index < -0.39 is 19.0 Å². The molecule has 0 spiro atoms. The van der Waals surface area contributed by atoms with Crippen LogP contribution in [-0.2, 0) is 4.57 Å². The van der Waals surface area contributed by atoms with E-state index in [2.05, 4.69) is 4.98 Å². The molecule has 6 heteroatoms. The molecule has 1 heterocycles. The molecule has 14 heavy (non-hydrogen) atoms. The zero-order chi connectivity index (χ0) is 10.8. The van der Waals surface area contributed by atoms with Gasteiger partial charge >= 0.3 is 7.60 Å². The van der Waals surface area contributed by atoms with Gasteiger partial charge in [-0.1, -0.05) is 6.07 Å². The van der Waals surface area contributed by atoms with Crippen molar-refractivity contribution in [2.24, 2.45) is 5.73 Å². The van der Waals surface area contributed by atoms with E-state index in [1.54, 1.807) is 12.1 Å². The molecule has 0 saturated heterocycles. The Morgan fingerprint density at radius 3 is 2.71 bits per heavy atom. The van der Waals surface area contributed by atoms with Gasteiger partial charge < -0.3 is 15.5 Å². The van der Waals surface area contributed by atoms with E-state index in [0.29, 0.717) is 5.56 Å². The summed E-state index contributed by atoms with van der Waals surface area (Å²) in [7, 11) is -4.44. The molecular formula is C8H10N2O3P. The summed E-state index contributed by atoms with van der Waals surface area (Å²) in [5.41, 5.74) is 6.00. The first-order valence-corrected chi connectivity index (χ1v) is 5.38. The summed E-state index contributed by atoms with van der Waals surface area (Å²) in [4.78, 5) is 21.3. The predicted molar refractivity (Wildman–Crippen MR) is 51.0 cm³/mol. The molecule has 0 bridgehead atoms. The predicted octanol–water partition coefficient (Wildman–Crippen LogP) is 0.576. The van der Waals surface area contributed by atoms with Crippen molar-refractivity contribution in [3.63, 3.8) is 0 Å². The van der Waals surface area contributed by atoms with Crippen molar-refractivity contribution in [1.29, 1.82) is 0 Å². The van der Waals surface area contributed by atoms with Gasteiger partial charge in [0.15, 0.2) is 0 Å². The van der Waals surface area contributed by atoms with E-state index in [-0.39, 0.29) is 0 Å². The third-order valence-corrected chi connectivity index (χ3v) is 2.65. The zero-order valence-corrected chi connectivity index (χ0v) is 8.13. The van der Waals surface area contributed by atoms with Gasteiger partial charge in [-0.2, -0.15) is 0 Å². The molecule has 1 aromatic heterocycles. The standard InChI is InChI=1S/C8H10N2O3P/c1-6(14(11,12)13)8(9)7-3-2-4-10-5-7/h1-5,8H,9H2,(H2,11,12,13). The first-order valence-electron chi connectivity index (χ1n) is 3.77. The highest BCUT2D eigenvalue weighted by Gasteiger charge is 2.25. The van der Waals surface area contributed by atoms with Crippen molar-refractivity contribution in [3.05, 3.63) is 42.0 Å². The van der Waals surface area contributed by atoms with Gasteiger partial charge in [0.2, 0.25) is 0 Å². The second-order valence-electron chi connectivity index (χ2n) is 2.73. The summed E-state index contributed by atoms with van der Waals surface area (Å²) in [5, 5.41) is -0.550. The quantitative estimate of drug-likeness (QED) is 0.638. The monoisotopic (exact) mass is 213 g/mol. The van der Waals surface area contributed by atoms with Crippen LogP contribution in [0.2, 0.25) is 0 Å². The van der Waals surface area contributed by atoms with Gasteiger partial charge in [-0.05, 0) is 18.2 Å². The number of nitrogens with two attached hydrogens (primary N) is 1. The van der Waals surface area contributed by atoms with Crippen LogP contribution in [0.4, 0.5) is 0 Å². The highest BCUT2D eigenvalue weighted by molar-refractivity contribution is 7.56. The Morgan fingerprint density at radius 1 is 1.64 bits per heavy atom. The van der Waals surface area contributed by atoms with Crippen LogP contribution in [0, 0.1) is 6.58 Å². The van der Waals surface area contributed by atoms with Crippen molar-refractivity contribution in [1.82, 2.24) is 4.98 Å². The first kappa shape index (κ1) is 11.1. The number of rotatable bonds is 3. The van der Waals surface area contributed by atoms with Gasteiger partial charge in [-0.25, -0.2) is 0 Å². The maximum absolute atomic E-state index is 10.8. The summed E-state index contributed by atoms with van der Waals surface area (Å²) in [6.45, 7) is 5.23. The fourth-order valence-corrected chi connectivity index (χ4v) is 1.42. The highest BCUT2D eigenvalue weighted by atomic mass is 31.2. The molecule has 1 unspecified atom stereocenters. The second-order valence-corrected chi connectivity index (χ2v) is 4.34. The van der Waals surface area contributed by atoms with E-state index in [0.717, 1.165) is 0 Å². The van der Waals surface area contributed by atoms with E-state index >= 15 is 0 Å². The lowest BCUT2D eigenvalue weighted by Crippen LogP contribution is -2.13. The molecule has 0 fully saturated rings. The smallest absolute Gasteiger partial charge is 0.321 e. The van der Waals surface area contributed by atoms with Crippen LogP contribution in [-0.4, -0.2) is 14.8 Å². The van der Waals surface area contributed by atoms with Crippen molar-refractivity contribution in [2.75, 3.05) is 0 Å². The van der Waals surface area contributed by atoms with Crippen LogP contribution in [0.25, 0.3) is 0 Å². The molecule has 4 N–H and O–H groups in total. The lowest BCUT2D eigenvalue weighted by atomic mass is 10.1. The minimum atomic E-state index is -4.44. The number of nitrogens with zero attached hydrogens (tertiary/aromatic N) is 1. The maximum Gasteiger partial charge on any atom is 0.354 e. The number of pyridine rings is 1. The van der Waals surface area contributed by atoms with Crippen LogP contribution in [0.3, 0.4) is 0 Å². The molecule has 0 saturated carbocycles. The minimum absolute atomic E-state index is 0.466. The topological polar surface area (TPSA) is 96.4 Å². The molecule has 0 aliphatic carbocycles. The van der Waals surface area contributed by atoms with Gasteiger partial charge in [-0.15, -0.1) is 0 Å². The lowest BCUT2D eigenvalue weighted by molar-refractivity contribution is 0.379. The van der Waals surface area contributed by atoms with Crippen LogP contribution in [0.15, 0.2) is 29.8 Å². The molecule has 1 radical (unpaired) electrons. The Balaban J connectivity index is 2.93. The minimum Gasteiger partial charge on any atom is -0.321 e. The van der Waals surface area contributed by atoms with Gasteiger partial charge in [0.25, 0.3) is 0 Å². The summed E-state index contributed by atoms with van der Waals surface area (Å²) < 4.78 is 10.8. The molecule has 0 amide bonds. The van der Waals surface area contributed by atoms with Gasteiger partial charge in [0.05, 0.1) is 11.4 Å². The Labute approximate surface area is 81.4 Å². The SMILES string of the molecule is [CH]=C(C(N)c1cccnc1)P(=O)(O)O. The molecule has 0 aliphatic rings. The third kappa shape index (κ3) is 2.49. The van der Waals surface area contributed by atoms with Crippen LogP contribution >= 0.6 is 7.60 Å². The molecule has 75 valence electrons. The Morgan fingerprint density at radius 2 is 2.29 bits per heavy atom. The Bertz CT molecular complexity index is 373. The van der Waals surface area contributed by atoms with Crippen LogP contribution < -0.4 is 5.73 Å².